The van der Waals surface area contributed by atoms with Crippen LogP contribution in [-0.4, -0.2) is 22.7 Å². The van der Waals surface area contributed by atoms with Crippen LogP contribution in [0, 0.1) is 0 Å². The molecule has 6 heteroatoms. The summed E-state index contributed by atoms with van der Waals surface area (Å²) >= 11 is 3.43. The maximum atomic E-state index is 10.5. The number of aromatic nitrogens is 1. The summed E-state index contributed by atoms with van der Waals surface area (Å²) in [5.41, 5.74) is 0.843. The number of pyridine rings is 1. The average Bonchev–Trinajstić information content (AvgIpc) is 2.56. The van der Waals surface area contributed by atoms with Gasteiger partial charge in [-0.1, -0.05) is 22.0 Å². The Morgan fingerprint density at radius 1 is 1.04 bits per heavy atom. The van der Waals surface area contributed by atoms with Crippen LogP contribution >= 0.6 is 15.9 Å². The number of carboxylic acid groups (broad SMARTS) is 1. The fraction of sp³-hybridized carbons (Fsp3) is 0.111. The zero-order valence-corrected chi connectivity index (χ0v) is 14.2. The van der Waals surface area contributed by atoms with E-state index in [4.69, 9.17) is 14.6 Å². The lowest BCUT2D eigenvalue weighted by molar-refractivity contribution is -0.137. The molecule has 3 rings (SSSR count). The summed E-state index contributed by atoms with van der Waals surface area (Å²) in [7, 11) is 0. The Bertz CT molecular complexity index is 865. The monoisotopic (exact) mass is 387 g/mol. The van der Waals surface area contributed by atoms with Crippen molar-refractivity contribution in [3.05, 3.63) is 59.1 Å². The molecule has 0 saturated heterocycles. The van der Waals surface area contributed by atoms with Crippen molar-refractivity contribution in [1.82, 2.24) is 4.98 Å². The number of aliphatic carboxylic acids is 1. The van der Waals surface area contributed by atoms with E-state index in [1.54, 1.807) is 24.3 Å². The lowest BCUT2D eigenvalue weighted by Crippen LogP contribution is -2.04. The van der Waals surface area contributed by atoms with E-state index in [0.29, 0.717) is 17.4 Å². The topological polar surface area (TPSA) is 68.7 Å². The third kappa shape index (κ3) is 4.23. The molecule has 122 valence electrons. The van der Waals surface area contributed by atoms with E-state index in [0.717, 1.165) is 15.4 Å². The number of hydrogen-bond donors (Lipinski definition) is 1. The molecule has 5 nitrogen and oxygen atoms in total. The van der Waals surface area contributed by atoms with Crippen molar-refractivity contribution in [3.63, 3.8) is 0 Å². The quantitative estimate of drug-likeness (QED) is 0.666. The van der Waals surface area contributed by atoms with Crippen molar-refractivity contribution in [2.45, 2.75) is 6.42 Å². The smallest absolute Gasteiger partial charge is 0.306 e. The molecule has 0 fully saturated rings. The first-order valence-corrected chi connectivity index (χ1v) is 8.08. The van der Waals surface area contributed by atoms with E-state index >= 15 is 0 Å². The Labute approximate surface area is 147 Å². The van der Waals surface area contributed by atoms with Crippen LogP contribution in [0.5, 0.6) is 17.4 Å². The summed E-state index contributed by atoms with van der Waals surface area (Å²) < 4.78 is 12.0. The molecular weight excluding hydrogens is 374 g/mol. The number of hydrogen-bond acceptors (Lipinski definition) is 4. The highest BCUT2D eigenvalue weighted by Crippen LogP contribution is 2.25. The molecule has 0 saturated carbocycles. The van der Waals surface area contributed by atoms with E-state index in [2.05, 4.69) is 20.9 Å². The largest absolute Gasteiger partial charge is 0.493 e. The van der Waals surface area contributed by atoms with Gasteiger partial charge in [0.15, 0.2) is 0 Å². The second-order valence-electron chi connectivity index (χ2n) is 5.05. The predicted octanol–water partition coefficient (Wildman–Crippen LogP) is 4.64. The molecule has 0 atom stereocenters. The van der Waals surface area contributed by atoms with Crippen LogP contribution in [0.1, 0.15) is 6.42 Å². The first-order valence-electron chi connectivity index (χ1n) is 7.29. The van der Waals surface area contributed by atoms with Crippen LogP contribution in [-0.2, 0) is 4.79 Å². The molecule has 0 aliphatic rings. The zero-order chi connectivity index (χ0) is 16.9. The zero-order valence-electron chi connectivity index (χ0n) is 12.6. The summed E-state index contributed by atoms with van der Waals surface area (Å²) in [5.74, 6) is 0.838. The Morgan fingerprint density at radius 3 is 2.50 bits per heavy atom. The minimum absolute atomic E-state index is 0.0329. The van der Waals surface area contributed by atoms with Gasteiger partial charge in [-0.05, 0) is 42.5 Å². The van der Waals surface area contributed by atoms with E-state index in [1.807, 2.05) is 30.3 Å². The SMILES string of the molecule is O=C(O)CCOc1ccc(Oc2ccc3ccc(Br)cc3n2)cc1. The minimum Gasteiger partial charge on any atom is -0.493 e. The Kier molecular flexibility index (Phi) is 4.96. The van der Waals surface area contributed by atoms with Gasteiger partial charge >= 0.3 is 5.97 Å². The lowest BCUT2D eigenvalue weighted by Gasteiger charge is -2.08. The fourth-order valence-corrected chi connectivity index (χ4v) is 2.46. The van der Waals surface area contributed by atoms with Gasteiger partial charge in [-0.25, -0.2) is 4.98 Å². The van der Waals surface area contributed by atoms with Crippen LogP contribution in [0.2, 0.25) is 0 Å². The first-order chi connectivity index (χ1) is 11.6. The lowest BCUT2D eigenvalue weighted by atomic mass is 10.2. The van der Waals surface area contributed by atoms with E-state index < -0.39 is 5.97 Å². The summed E-state index contributed by atoms with van der Waals surface area (Å²) in [6.07, 6.45) is -0.0329. The Hall–Kier alpha value is -2.60. The summed E-state index contributed by atoms with van der Waals surface area (Å²) in [5, 5.41) is 9.62. The number of benzene rings is 2. The molecule has 1 N–H and O–H groups in total. The number of ether oxygens (including phenoxy) is 2. The molecule has 2 aromatic carbocycles. The maximum Gasteiger partial charge on any atom is 0.306 e. The third-order valence-corrected chi connectivity index (χ3v) is 3.75. The minimum atomic E-state index is -0.885. The van der Waals surface area contributed by atoms with Crippen LogP contribution < -0.4 is 9.47 Å². The van der Waals surface area contributed by atoms with E-state index in [9.17, 15) is 4.79 Å². The fourth-order valence-electron chi connectivity index (χ4n) is 2.11. The highest BCUT2D eigenvalue weighted by molar-refractivity contribution is 9.10. The van der Waals surface area contributed by atoms with Crippen LogP contribution in [0.15, 0.2) is 59.1 Å². The molecule has 0 spiro atoms. The van der Waals surface area contributed by atoms with Gasteiger partial charge in [-0.3, -0.25) is 4.79 Å². The molecule has 0 aliphatic carbocycles. The van der Waals surface area contributed by atoms with Gasteiger partial charge in [0.25, 0.3) is 0 Å². The van der Waals surface area contributed by atoms with Crippen molar-refractivity contribution in [2.75, 3.05) is 6.61 Å². The van der Waals surface area contributed by atoms with Gasteiger partial charge in [0, 0.05) is 15.9 Å². The van der Waals surface area contributed by atoms with E-state index in [1.165, 1.54) is 0 Å². The molecular formula is C18H14BrNO4. The Balaban J connectivity index is 1.68. The summed E-state index contributed by atoms with van der Waals surface area (Å²) in [6, 6.07) is 16.6. The number of nitrogens with zero attached hydrogens (tertiary/aromatic N) is 1. The molecule has 0 radical (unpaired) electrons. The van der Waals surface area contributed by atoms with Gasteiger partial charge in [0.2, 0.25) is 5.88 Å². The highest BCUT2D eigenvalue weighted by atomic mass is 79.9. The molecule has 1 heterocycles. The average molecular weight is 388 g/mol. The number of carbonyl (C=O) groups is 1. The molecule has 0 amide bonds. The molecule has 0 unspecified atom stereocenters. The molecule has 3 aromatic rings. The third-order valence-electron chi connectivity index (χ3n) is 3.26. The van der Waals surface area contributed by atoms with Gasteiger partial charge in [-0.2, -0.15) is 0 Å². The maximum absolute atomic E-state index is 10.5. The molecule has 0 aliphatic heterocycles. The van der Waals surface area contributed by atoms with Crippen molar-refractivity contribution >= 4 is 32.8 Å². The molecule has 24 heavy (non-hydrogen) atoms. The van der Waals surface area contributed by atoms with Crippen LogP contribution in [0.25, 0.3) is 10.9 Å². The number of halogens is 1. The van der Waals surface area contributed by atoms with Gasteiger partial charge in [0.1, 0.15) is 11.5 Å². The predicted molar refractivity (Wildman–Crippen MR) is 93.7 cm³/mol. The van der Waals surface area contributed by atoms with Gasteiger partial charge < -0.3 is 14.6 Å². The first kappa shape index (κ1) is 16.3. The van der Waals surface area contributed by atoms with Gasteiger partial charge in [-0.15, -0.1) is 0 Å². The van der Waals surface area contributed by atoms with Gasteiger partial charge in [0.05, 0.1) is 18.5 Å². The van der Waals surface area contributed by atoms with Crippen LogP contribution in [0.4, 0.5) is 0 Å². The molecule has 0 bridgehead atoms. The summed E-state index contributed by atoms with van der Waals surface area (Å²) in [6.45, 7) is 0.136. The van der Waals surface area contributed by atoms with Crippen molar-refractivity contribution in [1.29, 1.82) is 0 Å². The summed E-state index contributed by atoms with van der Waals surface area (Å²) in [4.78, 5) is 14.9. The van der Waals surface area contributed by atoms with Crippen LogP contribution in [0.3, 0.4) is 0 Å². The van der Waals surface area contributed by atoms with Crippen molar-refractivity contribution in [2.24, 2.45) is 0 Å². The standard InChI is InChI=1S/C18H14BrNO4/c19-13-3-1-12-2-8-17(20-16(12)11-13)24-15-6-4-14(5-7-15)23-10-9-18(21)22/h1-8,11H,9-10H2,(H,21,22). The molecule has 1 aromatic heterocycles. The van der Waals surface area contributed by atoms with Crippen molar-refractivity contribution in [3.8, 4) is 17.4 Å². The number of carboxylic acids is 1. The normalized spacial score (nSPS) is 10.5. The highest BCUT2D eigenvalue weighted by Gasteiger charge is 2.03. The second-order valence-corrected chi connectivity index (χ2v) is 5.97. The van der Waals surface area contributed by atoms with Crippen molar-refractivity contribution < 1.29 is 19.4 Å². The second kappa shape index (κ2) is 7.31. The number of fused-ring (bicyclic) bond motifs is 1. The van der Waals surface area contributed by atoms with E-state index in [-0.39, 0.29) is 13.0 Å². The number of rotatable bonds is 6. The Morgan fingerprint density at radius 2 is 1.75 bits per heavy atom.